The van der Waals surface area contributed by atoms with Crippen molar-refractivity contribution in [2.75, 3.05) is 7.05 Å². The fourth-order valence-corrected chi connectivity index (χ4v) is 3.86. The highest BCUT2D eigenvalue weighted by atomic mass is 35.5. The fourth-order valence-electron chi connectivity index (χ4n) is 2.77. The molecule has 6 heteroatoms. The Labute approximate surface area is 172 Å². The summed E-state index contributed by atoms with van der Waals surface area (Å²) in [5, 5.41) is 1.32. The Hall–Kier alpha value is -2.76. The van der Waals surface area contributed by atoms with Gasteiger partial charge in [0.25, 0.3) is 5.91 Å². The normalized spacial score (nSPS) is 17.1. The van der Waals surface area contributed by atoms with Gasteiger partial charge >= 0.3 is 0 Å². The van der Waals surface area contributed by atoms with E-state index in [0.717, 1.165) is 22.6 Å². The van der Waals surface area contributed by atoms with Crippen molar-refractivity contribution in [2.24, 2.45) is 4.99 Å². The van der Waals surface area contributed by atoms with Gasteiger partial charge in [-0.25, -0.2) is 4.99 Å². The zero-order chi connectivity index (χ0) is 19.7. The number of likely N-dealkylation sites (N-methyl/N-ethyl adjacent to an activating group) is 1. The molecule has 1 aliphatic heterocycles. The van der Waals surface area contributed by atoms with Gasteiger partial charge in [-0.15, -0.1) is 0 Å². The van der Waals surface area contributed by atoms with E-state index in [0.29, 0.717) is 20.9 Å². The van der Waals surface area contributed by atoms with Crippen molar-refractivity contribution >= 4 is 46.2 Å². The predicted molar refractivity (Wildman–Crippen MR) is 116 cm³/mol. The minimum absolute atomic E-state index is 0.0956. The molecular weight excluding hydrogens is 392 g/mol. The van der Waals surface area contributed by atoms with E-state index in [2.05, 4.69) is 4.99 Å². The van der Waals surface area contributed by atoms with Gasteiger partial charge in [0.2, 0.25) is 0 Å². The van der Waals surface area contributed by atoms with Crippen molar-refractivity contribution in [1.29, 1.82) is 0 Å². The lowest BCUT2D eigenvalue weighted by Gasteiger charge is -2.08. The molecule has 0 aliphatic carbocycles. The van der Waals surface area contributed by atoms with Gasteiger partial charge in [-0.1, -0.05) is 29.8 Å². The van der Waals surface area contributed by atoms with Gasteiger partial charge in [0.15, 0.2) is 5.17 Å². The van der Waals surface area contributed by atoms with E-state index in [1.54, 1.807) is 18.0 Å². The van der Waals surface area contributed by atoms with Crippen LogP contribution in [0.5, 0.6) is 0 Å². The molecule has 0 atom stereocenters. The van der Waals surface area contributed by atoms with Gasteiger partial charge in [-0.2, -0.15) is 0 Å². The Morgan fingerprint density at radius 3 is 2.57 bits per heavy atom. The van der Waals surface area contributed by atoms with Gasteiger partial charge in [0.05, 0.1) is 10.6 Å². The van der Waals surface area contributed by atoms with Crippen molar-refractivity contribution in [1.82, 2.24) is 4.90 Å². The van der Waals surface area contributed by atoms with Crippen LogP contribution in [-0.4, -0.2) is 23.0 Å². The maximum Gasteiger partial charge on any atom is 0.266 e. The summed E-state index contributed by atoms with van der Waals surface area (Å²) in [6.07, 6.45) is 1.75. The quantitative estimate of drug-likeness (QED) is 0.489. The number of nitrogens with zero attached hydrogens (tertiary/aromatic N) is 2. The second-order valence-electron chi connectivity index (χ2n) is 6.36. The van der Waals surface area contributed by atoms with E-state index in [1.807, 2.05) is 67.6 Å². The lowest BCUT2D eigenvalue weighted by atomic mass is 10.2. The maximum atomic E-state index is 12.6. The van der Waals surface area contributed by atoms with Crippen LogP contribution < -0.4 is 0 Å². The van der Waals surface area contributed by atoms with Gasteiger partial charge < -0.3 is 4.42 Å². The summed E-state index contributed by atoms with van der Waals surface area (Å²) < 4.78 is 5.88. The molecule has 140 valence electrons. The predicted octanol–water partition coefficient (Wildman–Crippen LogP) is 6.14. The van der Waals surface area contributed by atoms with E-state index < -0.39 is 0 Å². The van der Waals surface area contributed by atoms with Crippen LogP contribution in [0.1, 0.15) is 11.3 Å². The minimum Gasteiger partial charge on any atom is -0.457 e. The first-order valence-electron chi connectivity index (χ1n) is 8.69. The molecular formula is C22H17ClN2O2S. The molecule has 2 heterocycles. The Morgan fingerprint density at radius 1 is 1.07 bits per heavy atom. The summed E-state index contributed by atoms with van der Waals surface area (Å²) in [6, 6.07) is 19.0. The first-order chi connectivity index (χ1) is 13.5. The lowest BCUT2D eigenvalue weighted by molar-refractivity contribution is -0.121. The van der Waals surface area contributed by atoms with Crippen molar-refractivity contribution in [3.8, 4) is 11.3 Å². The van der Waals surface area contributed by atoms with Crippen LogP contribution in [0.25, 0.3) is 17.4 Å². The van der Waals surface area contributed by atoms with Crippen LogP contribution >= 0.6 is 23.4 Å². The molecule has 0 N–H and O–H groups in total. The monoisotopic (exact) mass is 408 g/mol. The molecule has 4 rings (SSSR count). The summed E-state index contributed by atoms with van der Waals surface area (Å²) in [4.78, 5) is 19.4. The van der Waals surface area contributed by atoms with Gasteiger partial charge in [-0.05, 0) is 66.7 Å². The molecule has 1 fully saturated rings. The highest BCUT2D eigenvalue weighted by Crippen LogP contribution is 2.34. The van der Waals surface area contributed by atoms with E-state index in [9.17, 15) is 4.79 Å². The molecule has 0 unspecified atom stereocenters. The van der Waals surface area contributed by atoms with Crippen LogP contribution in [0.15, 0.2) is 75.0 Å². The zero-order valence-corrected chi connectivity index (χ0v) is 16.9. The Kier molecular flexibility index (Phi) is 5.11. The van der Waals surface area contributed by atoms with Crippen LogP contribution in [-0.2, 0) is 4.79 Å². The molecule has 2 aromatic carbocycles. The number of thioether (sulfide) groups is 1. The first kappa shape index (κ1) is 18.6. The third-order valence-electron chi connectivity index (χ3n) is 4.36. The second-order valence-corrected chi connectivity index (χ2v) is 7.81. The first-order valence-corrected chi connectivity index (χ1v) is 9.88. The van der Waals surface area contributed by atoms with Crippen molar-refractivity contribution < 1.29 is 9.21 Å². The summed E-state index contributed by atoms with van der Waals surface area (Å²) in [5.74, 6) is 1.24. The van der Waals surface area contributed by atoms with E-state index in [1.165, 1.54) is 11.8 Å². The fraction of sp³-hybridized carbons (Fsp3) is 0.0909. The minimum atomic E-state index is -0.0956. The average molecular weight is 409 g/mol. The van der Waals surface area contributed by atoms with Crippen LogP contribution in [0.3, 0.4) is 0 Å². The van der Waals surface area contributed by atoms with Crippen molar-refractivity contribution in [2.45, 2.75) is 6.92 Å². The molecule has 1 amide bonds. The third-order valence-corrected chi connectivity index (χ3v) is 5.68. The molecule has 4 nitrogen and oxygen atoms in total. The van der Waals surface area contributed by atoms with E-state index in [4.69, 9.17) is 16.0 Å². The topological polar surface area (TPSA) is 45.8 Å². The number of amides is 1. The SMILES string of the molecule is Cc1ccccc1N=C1S/C(=C/c2ccc(-c3ccc(Cl)cc3)o2)C(=O)N1C. The van der Waals surface area contributed by atoms with Gasteiger partial charge in [-0.3, -0.25) is 9.69 Å². The van der Waals surface area contributed by atoms with E-state index >= 15 is 0 Å². The molecule has 0 radical (unpaired) electrons. The summed E-state index contributed by atoms with van der Waals surface area (Å²) >= 11 is 7.27. The molecule has 1 aliphatic rings. The second kappa shape index (κ2) is 7.70. The highest BCUT2D eigenvalue weighted by molar-refractivity contribution is 8.18. The number of para-hydroxylation sites is 1. The number of furan rings is 1. The molecule has 1 saturated heterocycles. The van der Waals surface area contributed by atoms with Gasteiger partial charge in [0, 0.05) is 23.7 Å². The number of hydrogen-bond acceptors (Lipinski definition) is 4. The molecule has 28 heavy (non-hydrogen) atoms. The molecule has 1 aromatic heterocycles. The Balaban J connectivity index is 1.60. The summed E-state index contributed by atoms with van der Waals surface area (Å²) in [5.41, 5.74) is 2.85. The summed E-state index contributed by atoms with van der Waals surface area (Å²) in [6.45, 7) is 2.00. The molecule has 0 bridgehead atoms. The van der Waals surface area contributed by atoms with Gasteiger partial charge in [0.1, 0.15) is 11.5 Å². The maximum absolute atomic E-state index is 12.6. The molecule has 3 aromatic rings. The molecule has 0 spiro atoms. The number of benzene rings is 2. The largest absolute Gasteiger partial charge is 0.457 e. The lowest BCUT2D eigenvalue weighted by Crippen LogP contribution is -2.23. The number of rotatable bonds is 3. The number of carbonyl (C=O) groups is 1. The number of halogens is 1. The van der Waals surface area contributed by atoms with Crippen molar-refractivity contribution in [3.05, 3.63) is 81.9 Å². The zero-order valence-electron chi connectivity index (χ0n) is 15.3. The van der Waals surface area contributed by atoms with E-state index in [-0.39, 0.29) is 5.91 Å². The van der Waals surface area contributed by atoms with Crippen LogP contribution in [0.4, 0.5) is 5.69 Å². The average Bonchev–Trinajstić information content (AvgIpc) is 3.25. The number of hydrogen-bond donors (Lipinski definition) is 0. The van der Waals surface area contributed by atoms with Crippen LogP contribution in [0, 0.1) is 6.92 Å². The van der Waals surface area contributed by atoms with Crippen LogP contribution in [0.2, 0.25) is 5.02 Å². The smallest absolute Gasteiger partial charge is 0.266 e. The molecule has 0 saturated carbocycles. The highest BCUT2D eigenvalue weighted by Gasteiger charge is 2.30. The number of aliphatic imine (C=N–C) groups is 1. The van der Waals surface area contributed by atoms with Crippen molar-refractivity contribution in [3.63, 3.8) is 0 Å². The standard InChI is InChI=1S/C22H17ClN2O2S/c1-14-5-3-4-6-18(14)24-22-25(2)21(26)20(28-22)13-17-11-12-19(27-17)15-7-9-16(23)10-8-15/h3-13H,1-2H3/b20-13+,24-22?. The number of aryl methyl sites for hydroxylation is 1. The Bertz CT molecular complexity index is 1100. The third kappa shape index (κ3) is 3.77. The Morgan fingerprint density at radius 2 is 1.82 bits per heavy atom. The summed E-state index contributed by atoms with van der Waals surface area (Å²) in [7, 11) is 1.73. The number of carbonyl (C=O) groups excluding carboxylic acids is 1. The number of amidine groups is 1.